The van der Waals surface area contributed by atoms with Gasteiger partial charge in [0.1, 0.15) is 6.07 Å². The van der Waals surface area contributed by atoms with E-state index in [9.17, 15) is 5.26 Å². The molecule has 3 heterocycles. The summed E-state index contributed by atoms with van der Waals surface area (Å²) in [5.74, 6) is 1.81. The fourth-order valence-electron chi connectivity index (χ4n) is 5.80. The van der Waals surface area contributed by atoms with Crippen molar-refractivity contribution in [3.05, 3.63) is 151 Å². The van der Waals surface area contributed by atoms with Crippen LogP contribution in [0.2, 0.25) is 0 Å². The maximum atomic E-state index is 10.2. The summed E-state index contributed by atoms with van der Waals surface area (Å²) in [6.45, 7) is 0. The van der Waals surface area contributed by atoms with Crippen LogP contribution in [-0.4, -0.2) is 24.6 Å². The third-order valence-electron chi connectivity index (χ3n) is 7.91. The zero-order valence-corrected chi connectivity index (χ0v) is 24.0. The van der Waals surface area contributed by atoms with Crippen LogP contribution in [0.5, 0.6) is 0 Å². The smallest absolute Gasteiger partial charge is 0.171 e. The van der Waals surface area contributed by atoms with Gasteiger partial charge in [0.2, 0.25) is 0 Å². The molecule has 0 aliphatic carbocycles. The molecule has 0 spiro atoms. The van der Waals surface area contributed by atoms with Crippen molar-refractivity contribution in [3.63, 3.8) is 0 Å². The Kier molecular flexibility index (Phi) is 6.40. The zero-order valence-electron chi connectivity index (χ0n) is 24.0. The van der Waals surface area contributed by atoms with Crippen molar-refractivity contribution in [2.24, 2.45) is 0 Å². The van der Waals surface area contributed by atoms with Crippen molar-refractivity contribution in [3.8, 4) is 62.6 Å². The van der Waals surface area contributed by atoms with E-state index in [2.05, 4.69) is 36.4 Å². The Morgan fingerprint density at radius 3 is 1.51 bits per heavy atom. The van der Waals surface area contributed by atoms with Gasteiger partial charge in [-0.15, -0.1) is 0 Å². The normalized spacial score (nSPS) is 11.1. The number of fused-ring (bicyclic) bond motifs is 3. The van der Waals surface area contributed by atoms with E-state index in [4.69, 9.17) is 20.1 Å². The summed E-state index contributed by atoms with van der Waals surface area (Å²) in [6, 6.07) is 50.8. The molecule has 0 atom stereocenters. The van der Waals surface area contributed by atoms with Gasteiger partial charge < -0.3 is 0 Å². The van der Waals surface area contributed by atoms with E-state index in [1.54, 1.807) is 0 Å². The second-order valence-corrected chi connectivity index (χ2v) is 10.7. The molecule has 0 N–H and O–H groups in total. The van der Waals surface area contributed by atoms with Gasteiger partial charge in [-0.05, 0) is 23.1 Å². The lowest BCUT2D eigenvalue weighted by Crippen LogP contribution is -2.00. The van der Waals surface area contributed by atoms with Gasteiger partial charge >= 0.3 is 0 Å². The highest BCUT2D eigenvalue weighted by Crippen LogP contribution is 2.38. The Labute approximate surface area is 259 Å². The third kappa shape index (κ3) is 4.69. The molecule has 0 saturated heterocycles. The number of rotatable bonds is 5. The van der Waals surface area contributed by atoms with Crippen LogP contribution in [0.25, 0.3) is 72.8 Å². The SMILES string of the molecule is N#Cc1nn2c(-c3ccccc3)cc3cc(-c4nc(-c5ccccc5)nc(-c5ccccc5)n4)ccc3c2c1-c1ccccc1. The van der Waals surface area contributed by atoms with Gasteiger partial charge in [-0.3, -0.25) is 0 Å². The largest absolute Gasteiger partial charge is 0.230 e. The minimum Gasteiger partial charge on any atom is -0.230 e. The van der Waals surface area contributed by atoms with Crippen LogP contribution in [0, 0.1) is 11.3 Å². The topological polar surface area (TPSA) is 79.8 Å². The molecular formula is C39H24N6. The predicted octanol–water partition coefficient (Wildman–Crippen LogP) is 8.88. The number of pyridine rings is 1. The van der Waals surface area contributed by atoms with Gasteiger partial charge in [0, 0.05) is 33.2 Å². The van der Waals surface area contributed by atoms with Crippen LogP contribution in [0.3, 0.4) is 0 Å². The molecular weight excluding hydrogens is 552 g/mol. The summed E-state index contributed by atoms with van der Waals surface area (Å²) >= 11 is 0. The Bertz CT molecular complexity index is 2300. The summed E-state index contributed by atoms with van der Waals surface area (Å²) in [5, 5.41) is 17.0. The molecule has 0 unspecified atom stereocenters. The van der Waals surface area contributed by atoms with Crippen LogP contribution in [0.1, 0.15) is 5.69 Å². The molecule has 210 valence electrons. The lowest BCUT2D eigenvalue weighted by atomic mass is 9.98. The standard InChI is InChI=1S/C39H24N6/c40-25-33-35(27-15-7-2-8-16-27)36-32-22-21-30(23-31(32)24-34(45(36)44-33)26-13-5-1-6-14-26)39-42-37(28-17-9-3-10-18-28)41-38(43-39)29-19-11-4-12-20-29/h1-24H. The van der Waals surface area contributed by atoms with Crippen LogP contribution < -0.4 is 0 Å². The van der Waals surface area contributed by atoms with E-state index in [0.29, 0.717) is 23.2 Å². The number of hydrogen-bond acceptors (Lipinski definition) is 5. The number of nitriles is 1. The van der Waals surface area contributed by atoms with Crippen LogP contribution >= 0.6 is 0 Å². The highest BCUT2D eigenvalue weighted by atomic mass is 15.2. The lowest BCUT2D eigenvalue weighted by Gasteiger charge is -2.12. The highest BCUT2D eigenvalue weighted by Gasteiger charge is 2.21. The summed E-state index contributed by atoms with van der Waals surface area (Å²) in [4.78, 5) is 14.7. The minimum absolute atomic E-state index is 0.382. The first kappa shape index (κ1) is 26.2. The second-order valence-electron chi connectivity index (χ2n) is 10.7. The molecule has 0 aliphatic rings. The summed E-state index contributed by atoms with van der Waals surface area (Å²) in [5.41, 5.74) is 7.61. The monoisotopic (exact) mass is 576 g/mol. The molecule has 0 bridgehead atoms. The first-order valence-electron chi connectivity index (χ1n) is 14.6. The minimum atomic E-state index is 0.382. The second kappa shape index (κ2) is 11.0. The average Bonchev–Trinajstić information content (AvgIpc) is 3.52. The maximum Gasteiger partial charge on any atom is 0.171 e. The summed E-state index contributed by atoms with van der Waals surface area (Å²) in [6.07, 6.45) is 0. The molecule has 6 nitrogen and oxygen atoms in total. The van der Waals surface area contributed by atoms with Gasteiger partial charge in [-0.25, -0.2) is 19.5 Å². The van der Waals surface area contributed by atoms with Crippen LogP contribution in [0.15, 0.2) is 146 Å². The van der Waals surface area contributed by atoms with Crippen molar-refractivity contribution in [1.82, 2.24) is 24.6 Å². The van der Waals surface area contributed by atoms with E-state index < -0.39 is 0 Å². The van der Waals surface area contributed by atoms with E-state index >= 15 is 0 Å². The van der Waals surface area contributed by atoms with Crippen molar-refractivity contribution in [2.45, 2.75) is 0 Å². The third-order valence-corrected chi connectivity index (χ3v) is 7.91. The Hall–Kier alpha value is -6.45. The molecule has 8 rings (SSSR count). The zero-order chi connectivity index (χ0) is 30.2. The van der Waals surface area contributed by atoms with Gasteiger partial charge in [0.25, 0.3) is 0 Å². The van der Waals surface area contributed by atoms with Gasteiger partial charge in [0.05, 0.1) is 11.2 Å². The van der Waals surface area contributed by atoms with E-state index in [1.165, 1.54) is 0 Å². The Balaban J connectivity index is 1.41. The predicted molar refractivity (Wildman–Crippen MR) is 178 cm³/mol. The van der Waals surface area contributed by atoms with Gasteiger partial charge in [-0.2, -0.15) is 10.4 Å². The van der Waals surface area contributed by atoms with Crippen LogP contribution in [0.4, 0.5) is 0 Å². The van der Waals surface area contributed by atoms with Gasteiger partial charge in [0.15, 0.2) is 23.2 Å². The molecule has 5 aromatic carbocycles. The molecule has 0 amide bonds. The van der Waals surface area contributed by atoms with Crippen LogP contribution in [-0.2, 0) is 0 Å². The van der Waals surface area contributed by atoms with Crippen molar-refractivity contribution >= 4 is 16.3 Å². The van der Waals surface area contributed by atoms with Crippen molar-refractivity contribution < 1.29 is 0 Å². The van der Waals surface area contributed by atoms with Crippen molar-refractivity contribution in [2.75, 3.05) is 0 Å². The lowest BCUT2D eigenvalue weighted by molar-refractivity contribution is 0.963. The molecule has 3 aromatic heterocycles. The molecule has 0 fully saturated rings. The fraction of sp³-hybridized carbons (Fsp3) is 0. The van der Waals surface area contributed by atoms with E-state index in [1.807, 2.05) is 120 Å². The number of aromatic nitrogens is 5. The molecule has 0 radical (unpaired) electrons. The summed E-state index contributed by atoms with van der Waals surface area (Å²) in [7, 11) is 0. The number of nitrogens with zero attached hydrogens (tertiary/aromatic N) is 6. The molecule has 0 saturated carbocycles. The maximum absolute atomic E-state index is 10.2. The number of hydrogen-bond donors (Lipinski definition) is 0. The Morgan fingerprint density at radius 1 is 0.489 bits per heavy atom. The van der Waals surface area contributed by atoms with E-state index in [-0.39, 0.29) is 0 Å². The van der Waals surface area contributed by atoms with Crippen molar-refractivity contribution in [1.29, 1.82) is 5.26 Å². The van der Waals surface area contributed by atoms with E-state index in [0.717, 1.165) is 55.4 Å². The highest BCUT2D eigenvalue weighted by molar-refractivity contribution is 6.07. The first-order valence-corrected chi connectivity index (χ1v) is 14.6. The summed E-state index contributed by atoms with van der Waals surface area (Å²) < 4.78 is 1.90. The average molecular weight is 577 g/mol. The molecule has 45 heavy (non-hydrogen) atoms. The molecule has 8 aromatic rings. The first-order chi connectivity index (χ1) is 22.3. The van der Waals surface area contributed by atoms with Gasteiger partial charge in [-0.1, -0.05) is 133 Å². The number of benzene rings is 5. The fourth-order valence-corrected chi connectivity index (χ4v) is 5.80. The quantitative estimate of drug-likeness (QED) is 0.204. The molecule has 0 aliphatic heterocycles. The Morgan fingerprint density at radius 2 is 0.978 bits per heavy atom. The molecule has 6 heteroatoms.